The molecule has 0 aromatic carbocycles. The van der Waals surface area contributed by atoms with E-state index in [9.17, 15) is 0 Å². The van der Waals surface area contributed by atoms with Crippen LogP contribution in [0.4, 0.5) is 17.8 Å². The zero-order valence-corrected chi connectivity index (χ0v) is 10.3. The summed E-state index contributed by atoms with van der Waals surface area (Å²) in [5, 5.41) is 3.23. The summed E-state index contributed by atoms with van der Waals surface area (Å²) in [4.78, 5) is 14.8. The van der Waals surface area contributed by atoms with E-state index < -0.39 is 0 Å². The number of nitrogens with two attached hydrogens (primary N) is 1. The summed E-state index contributed by atoms with van der Waals surface area (Å²) in [6, 6.07) is 0. The topological polar surface area (TPSA) is 89.2 Å². The molecule has 0 atom stereocenters. The van der Waals surface area contributed by atoms with Gasteiger partial charge in [-0.05, 0) is 18.8 Å². The summed E-state index contributed by atoms with van der Waals surface area (Å²) < 4.78 is 5.31. The predicted octanol–water partition coefficient (Wildman–Crippen LogP) is 0.112. The fraction of sp³-hybridized carbons (Fsp3) is 0.727. The number of rotatable bonds is 4. The zero-order valence-electron chi connectivity index (χ0n) is 10.3. The van der Waals surface area contributed by atoms with Crippen LogP contribution in [0.25, 0.3) is 0 Å². The summed E-state index contributed by atoms with van der Waals surface area (Å²) in [6.45, 7) is 3.93. The number of ether oxygens (including phenoxy) is 1. The lowest BCUT2D eigenvalue weighted by molar-refractivity contribution is 0.122. The fourth-order valence-electron chi connectivity index (χ4n) is 1.92. The Morgan fingerprint density at radius 2 is 2.00 bits per heavy atom. The van der Waals surface area contributed by atoms with Crippen molar-refractivity contribution in [1.29, 1.82) is 0 Å². The van der Waals surface area contributed by atoms with Crippen molar-refractivity contribution in [2.24, 2.45) is 5.92 Å². The first-order chi connectivity index (χ1) is 8.81. The Hall–Kier alpha value is -1.63. The fourth-order valence-corrected chi connectivity index (χ4v) is 1.92. The highest BCUT2D eigenvalue weighted by Crippen LogP contribution is 2.28. The molecule has 3 N–H and O–H groups in total. The summed E-state index contributed by atoms with van der Waals surface area (Å²) in [5.41, 5.74) is 5.73. The van der Waals surface area contributed by atoms with Crippen LogP contribution in [0.2, 0.25) is 0 Å². The van der Waals surface area contributed by atoms with Crippen molar-refractivity contribution in [3.63, 3.8) is 0 Å². The Morgan fingerprint density at radius 1 is 1.22 bits per heavy atom. The molecule has 1 aliphatic carbocycles. The standard InChI is InChI=1S/C11H18N6O/c12-9-14-10(13-7-8-1-2-8)16-11(15-9)17-3-5-18-6-4-17/h8H,1-7H2,(H3,12,13,14,15,16). The van der Waals surface area contributed by atoms with E-state index in [0.717, 1.165) is 25.6 Å². The lowest BCUT2D eigenvalue weighted by Gasteiger charge is -2.26. The molecule has 1 saturated heterocycles. The molecule has 7 nitrogen and oxygen atoms in total. The van der Waals surface area contributed by atoms with Crippen molar-refractivity contribution < 1.29 is 4.74 Å². The van der Waals surface area contributed by atoms with Gasteiger partial charge in [0.05, 0.1) is 13.2 Å². The summed E-state index contributed by atoms with van der Waals surface area (Å²) in [6.07, 6.45) is 2.59. The third-order valence-electron chi connectivity index (χ3n) is 3.18. The second-order valence-electron chi connectivity index (χ2n) is 4.74. The molecule has 0 bridgehead atoms. The third kappa shape index (κ3) is 2.79. The van der Waals surface area contributed by atoms with Gasteiger partial charge < -0.3 is 20.7 Å². The molecule has 98 valence electrons. The maximum atomic E-state index is 5.73. The van der Waals surface area contributed by atoms with Gasteiger partial charge in [-0.1, -0.05) is 0 Å². The number of aromatic nitrogens is 3. The van der Waals surface area contributed by atoms with Crippen LogP contribution in [-0.4, -0.2) is 47.8 Å². The predicted molar refractivity (Wildman–Crippen MR) is 68.5 cm³/mol. The SMILES string of the molecule is Nc1nc(NCC2CC2)nc(N2CCOCC2)n1. The first-order valence-corrected chi connectivity index (χ1v) is 6.39. The van der Waals surface area contributed by atoms with Crippen molar-refractivity contribution in [3.05, 3.63) is 0 Å². The largest absolute Gasteiger partial charge is 0.378 e. The molecule has 2 aliphatic rings. The highest BCUT2D eigenvalue weighted by molar-refractivity contribution is 5.42. The molecular weight excluding hydrogens is 232 g/mol. The van der Waals surface area contributed by atoms with Crippen LogP contribution in [0.3, 0.4) is 0 Å². The maximum absolute atomic E-state index is 5.73. The van der Waals surface area contributed by atoms with E-state index >= 15 is 0 Å². The van der Waals surface area contributed by atoms with Gasteiger partial charge in [-0.3, -0.25) is 0 Å². The van der Waals surface area contributed by atoms with E-state index in [1.54, 1.807) is 0 Å². The lowest BCUT2D eigenvalue weighted by atomic mass is 10.4. The smallest absolute Gasteiger partial charge is 0.232 e. The molecule has 3 rings (SSSR count). The van der Waals surface area contributed by atoms with Crippen LogP contribution in [0.1, 0.15) is 12.8 Å². The number of nitrogens with zero attached hydrogens (tertiary/aromatic N) is 4. The minimum absolute atomic E-state index is 0.268. The number of hydrogen-bond acceptors (Lipinski definition) is 7. The van der Waals surface area contributed by atoms with Crippen LogP contribution in [0.5, 0.6) is 0 Å². The number of morpholine rings is 1. The maximum Gasteiger partial charge on any atom is 0.232 e. The van der Waals surface area contributed by atoms with Crippen molar-refractivity contribution in [3.8, 4) is 0 Å². The molecule has 18 heavy (non-hydrogen) atoms. The average Bonchev–Trinajstić information content (AvgIpc) is 3.21. The van der Waals surface area contributed by atoms with E-state index in [2.05, 4.69) is 25.2 Å². The van der Waals surface area contributed by atoms with E-state index in [0.29, 0.717) is 25.1 Å². The Bertz CT molecular complexity index is 416. The second kappa shape index (κ2) is 4.93. The van der Waals surface area contributed by atoms with Gasteiger partial charge >= 0.3 is 0 Å². The summed E-state index contributed by atoms with van der Waals surface area (Å²) >= 11 is 0. The van der Waals surface area contributed by atoms with Crippen LogP contribution >= 0.6 is 0 Å². The quantitative estimate of drug-likeness (QED) is 0.784. The van der Waals surface area contributed by atoms with Crippen molar-refractivity contribution in [2.45, 2.75) is 12.8 Å². The highest BCUT2D eigenvalue weighted by atomic mass is 16.5. The first-order valence-electron chi connectivity index (χ1n) is 6.39. The van der Waals surface area contributed by atoms with Crippen LogP contribution < -0.4 is 16.0 Å². The molecule has 1 aliphatic heterocycles. The molecule has 0 radical (unpaired) electrons. The number of nitrogen functional groups attached to an aromatic ring is 1. The van der Waals surface area contributed by atoms with E-state index in [1.807, 2.05) is 0 Å². The molecule has 1 aromatic rings. The Labute approximate surface area is 106 Å². The van der Waals surface area contributed by atoms with E-state index in [1.165, 1.54) is 12.8 Å². The van der Waals surface area contributed by atoms with Crippen LogP contribution in [-0.2, 0) is 4.74 Å². The van der Waals surface area contributed by atoms with Crippen molar-refractivity contribution in [2.75, 3.05) is 48.8 Å². The average molecular weight is 250 g/mol. The van der Waals surface area contributed by atoms with Gasteiger partial charge in [-0.2, -0.15) is 15.0 Å². The molecule has 2 heterocycles. The zero-order chi connectivity index (χ0) is 12.4. The van der Waals surface area contributed by atoms with Crippen molar-refractivity contribution in [1.82, 2.24) is 15.0 Å². The summed E-state index contributed by atoms with van der Waals surface area (Å²) in [7, 11) is 0. The molecule has 0 spiro atoms. The van der Waals surface area contributed by atoms with Gasteiger partial charge in [0.15, 0.2) is 0 Å². The van der Waals surface area contributed by atoms with E-state index in [-0.39, 0.29) is 5.95 Å². The molecule has 0 unspecified atom stereocenters. The van der Waals surface area contributed by atoms with Gasteiger partial charge in [-0.25, -0.2) is 0 Å². The van der Waals surface area contributed by atoms with Gasteiger partial charge in [0.2, 0.25) is 17.8 Å². The number of nitrogens with one attached hydrogen (secondary N) is 1. The molecule has 2 fully saturated rings. The molecule has 1 saturated carbocycles. The monoisotopic (exact) mass is 250 g/mol. The Balaban J connectivity index is 1.71. The molecule has 1 aromatic heterocycles. The minimum Gasteiger partial charge on any atom is -0.378 e. The first kappa shape index (κ1) is 11.5. The highest BCUT2D eigenvalue weighted by Gasteiger charge is 2.21. The number of hydrogen-bond donors (Lipinski definition) is 2. The van der Waals surface area contributed by atoms with Crippen LogP contribution in [0, 0.1) is 5.92 Å². The van der Waals surface area contributed by atoms with Gasteiger partial charge in [-0.15, -0.1) is 0 Å². The van der Waals surface area contributed by atoms with Gasteiger partial charge in [0, 0.05) is 19.6 Å². The van der Waals surface area contributed by atoms with Gasteiger partial charge in [0.25, 0.3) is 0 Å². The van der Waals surface area contributed by atoms with Crippen molar-refractivity contribution >= 4 is 17.8 Å². The van der Waals surface area contributed by atoms with E-state index in [4.69, 9.17) is 10.5 Å². The molecule has 0 amide bonds. The van der Waals surface area contributed by atoms with Gasteiger partial charge in [0.1, 0.15) is 0 Å². The van der Waals surface area contributed by atoms with Crippen LogP contribution in [0.15, 0.2) is 0 Å². The Kier molecular flexibility index (Phi) is 3.14. The second-order valence-corrected chi connectivity index (χ2v) is 4.74. The third-order valence-corrected chi connectivity index (χ3v) is 3.18. The Morgan fingerprint density at radius 3 is 2.72 bits per heavy atom. The molecule has 7 heteroatoms. The summed E-state index contributed by atoms with van der Waals surface area (Å²) in [5.74, 6) is 2.26. The normalized spacial score (nSPS) is 19.9. The minimum atomic E-state index is 0.268. The molecular formula is C11H18N6O. The number of anilines is 3. The lowest BCUT2D eigenvalue weighted by Crippen LogP contribution is -2.37.